The van der Waals surface area contributed by atoms with Crippen LogP contribution in [0.4, 0.5) is 0 Å². The maximum Gasteiger partial charge on any atom is 0.377 e. The van der Waals surface area contributed by atoms with Gasteiger partial charge in [-0.3, -0.25) is 4.79 Å². The first-order valence-electron chi connectivity index (χ1n) is 4.13. The molecule has 0 aliphatic rings. The first kappa shape index (κ1) is 10.7. The summed E-state index contributed by atoms with van der Waals surface area (Å²) in [4.78, 5) is 21.7. The van der Waals surface area contributed by atoms with Gasteiger partial charge < -0.3 is 5.11 Å². The van der Waals surface area contributed by atoms with Gasteiger partial charge in [0.15, 0.2) is 0 Å². The third-order valence-electron chi connectivity index (χ3n) is 1.91. The molecule has 1 rings (SSSR count). The predicted molar refractivity (Wildman–Crippen MR) is 52.8 cm³/mol. The van der Waals surface area contributed by atoms with Crippen LogP contribution in [0.5, 0.6) is 0 Å². The predicted octanol–water partition coefficient (Wildman–Crippen LogP) is 2.17. The van der Waals surface area contributed by atoms with Crippen LogP contribution in [0.2, 0.25) is 5.02 Å². The number of rotatable bonds is 3. The number of Topliss-reactive ketones (excluding diaryl/α,β-unsaturated/α-hetero) is 1. The van der Waals surface area contributed by atoms with Crippen molar-refractivity contribution in [3.05, 3.63) is 34.3 Å². The highest BCUT2D eigenvalue weighted by Crippen LogP contribution is 2.20. The lowest BCUT2D eigenvalue weighted by Gasteiger charge is -2.05. The summed E-state index contributed by atoms with van der Waals surface area (Å²) >= 11 is 5.83. The van der Waals surface area contributed by atoms with Crippen LogP contribution in [0.3, 0.4) is 0 Å². The van der Waals surface area contributed by atoms with Gasteiger partial charge in [0.25, 0.3) is 5.78 Å². The van der Waals surface area contributed by atoms with E-state index in [0.29, 0.717) is 17.0 Å². The van der Waals surface area contributed by atoms with Crippen molar-refractivity contribution in [3.8, 4) is 0 Å². The fourth-order valence-corrected chi connectivity index (χ4v) is 1.55. The van der Waals surface area contributed by atoms with Crippen LogP contribution < -0.4 is 0 Å². The standard InChI is InChI=1S/C10H9ClO3/c1-2-6-7(9(12)10(13)14)4-3-5-8(6)11/h3-5H,2H2,1H3,(H,13,14). The lowest BCUT2D eigenvalue weighted by molar-refractivity contribution is -0.131. The fraction of sp³-hybridized carbons (Fsp3) is 0.200. The lowest BCUT2D eigenvalue weighted by Crippen LogP contribution is -2.14. The van der Waals surface area contributed by atoms with Gasteiger partial charge in [-0.25, -0.2) is 4.79 Å². The van der Waals surface area contributed by atoms with Crippen LogP contribution in [0.25, 0.3) is 0 Å². The number of hydrogen-bond acceptors (Lipinski definition) is 2. The Morgan fingerprint density at radius 3 is 2.57 bits per heavy atom. The second kappa shape index (κ2) is 4.24. The highest BCUT2D eigenvalue weighted by Gasteiger charge is 2.18. The van der Waals surface area contributed by atoms with E-state index in [1.807, 2.05) is 6.92 Å². The van der Waals surface area contributed by atoms with Crippen molar-refractivity contribution in [2.75, 3.05) is 0 Å². The molecule has 0 atom stereocenters. The van der Waals surface area contributed by atoms with Crippen molar-refractivity contribution in [3.63, 3.8) is 0 Å². The summed E-state index contributed by atoms with van der Waals surface area (Å²) in [6, 6.07) is 4.68. The van der Waals surface area contributed by atoms with Crippen LogP contribution >= 0.6 is 11.6 Å². The van der Waals surface area contributed by atoms with Gasteiger partial charge in [-0.05, 0) is 18.1 Å². The van der Waals surface area contributed by atoms with Gasteiger partial charge >= 0.3 is 5.97 Å². The van der Waals surface area contributed by atoms with Gasteiger partial charge in [0.2, 0.25) is 0 Å². The van der Waals surface area contributed by atoms with Gasteiger partial charge in [0, 0.05) is 10.6 Å². The summed E-state index contributed by atoms with van der Waals surface area (Å²) in [5, 5.41) is 8.98. The Morgan fingerprint density at radius 1 is 1.43 bits per heavy atom. The van der Waals surface area contributed by atoms with Crippen molar-refractivity contribution in [2.45, 2.75) is 13.3 Å². The molecule has 0 amide bonds. The van der Waals surface area contributed by atoms with Gasteiger partial charge in [-0.15, -0.1) is 0 Å². The molecule has 0 saturated heterocycles. The van der Waals surface area contributed by atoms with Crippen LogP contribution in [0.15, 0.2) is 18.2 Å². The molecule has 0 aliphatic carbocycles. The molecule has 74 valence electrons. The van der Waals surface area contributed by atoms with E-state index in [2.05, 4.69) is 0 Å². The van der Waals surface area contributed by atoms with E-state index in [0.717, 1.165) is 0 Å². The summed E-state index contributed by atoms with van der Waals surface area (Å²) in [5.74, 6) is -2.37. The summed E-state index contributed by atoms with van der Waals surface area (Å²) in [6.45, 7) is 1.82. The summed E-state index contributed by atoms with van der Waals surface area (Å²) in [5.41, 5.74) is 0.758. The Labute approximate surface area is 86.3 Å². The van der Waals surface area contributed by atoms with Crippen molar-refractivity contribution >= 4 is 23.4 Å². The van der Waals surface area contributed by atoms with E-state index in [1.165, 1.54) is 6.07 Å². The number of carboxylic acids is 1. The van der Waals surface area contributed by atoms with Gasteiger partial charge in [-0.2, -0.15) is 0 Å². The zero-order chi connectivity index (χ0) is 10.7. The van der Waals surface area contributed by atoms with Crippen LogP contribution in [0, 0.1) is 0 Å². The molecule has 3 nitrogen and oxygen atoms in total. The molecule has 0 spiro atoms. The molecular formula is C10H9ClO3. The molecule has 0 saturated carbocycles. The molecule has 1 N–H and O–H groups in total. The number of halogens is 1. The summed E-state index contributed by atoms with van der Waals surface area (Å²) < 4.78 is 0. The minimum Gasteiger partial charge on any atom is -0.475 e. The molecule has 1 aromatic carbocycles. The average molecular weight is 213 g/mol. The zero-order valence-corrected chi connectivity index (χ0v) is 8.34. The molecule has 0 fully saturated rings. The topological polar surface area (TPSA) is 54.4 Å². The van der Waals surface area contributed by atoms with Crippen LogP contribution in [0.1, 0.15) is 22.8 Å². The molecule has 0 aliphatic heterocycles. The number of aliphatic carboxylic acids is 1. The molecule has 4 heteroatoms. The van der Waals surface area contributed by atoms with Gasteiger partial charge in [-0.1, -0.05) is 30.7 Å². The summed E-state index contributed by atoms with van der Waals surface area (Å²) in [6.07, 6.45) is 0.536. The molecule has 0 radical (unpaired) electrons. The third-order valence-corrected chi connectivity index (χ3v) is 2.27. The minimum absolute atomic E-state index is 0.174. The molecule has 0 heterocycles. The first-order chi connectivity index (χ1) is 6.57. The van der Waals surface area contributed by atoms with Crippen LogP contribution in [-0.4, -0.2) is 16.9 Å². The largest absolute Gasteiger partial charge is 0.475 e. The minimum atomic E-state index is -1.46. The Balaban J connectivity index is 3.27. The first-order valence-corrected chi connectivity index (χ1v) is 4.50. The van der Waals surface area contributed by atoms with Gasteiger partial charge in [0.1, 0.15) is 0 Å². The number of carbonyl (C=O) groups excluding carboxylic acids is 1. The second-order valence-corrected chi connectivity index (χ2v) is 3.16. The molecule has 0 bridgehead atoms. The zero-order valence-electron chi connectivity index (χ0n) is 7.58. The number of benzene rings is 1. The SMILES string of the molecule is CCc1c(Cl)cccc1C(=O)C(=O)O. The number of carboxylic acid groups (broad SMARTS) is 1. The van der Waals surface area contributed by atoms with Crippen molar-refractivity contribution in [1.82, 2.24) is 0 Å². The van der Waals surface area contributed by atoms with E-state index >= 15 is 0 Å². The normalized spacial score (nSPS) is 9.86. The lowest BCUT2D eigenvalue weighted by atomic mass is 10.0. The van der Waals surface area contributed by atoms with E-state index in [1.54, 1.807) is 12.1 Å². The van der Waals surface area contributed by atoms with Crippen molar-refractivity contribution in [2.24, 2.45) is 0 Å². The fourth-order valence-electron chi connectivity index (χ4n) is 1.25. The van der Waals surface area contributed by atoms with E-state index in [4.69, 9.17) is 16.7 Å². The second-order valence-electron chi connectivity index (χ2n) is 2.75. The third kappa shape index (κ3) is 1.93. The maximum atomic E-state index is 11.2. The van der Waals surface area contributed by atoms with E-state index in [-0.39, 0.29) is 5.56 Å². The monoisotopic (exact) mass is 212 g/mol. The van der Waals surface area contributed by atoms with Crippen molar-refractivity contribution in [1.29, 1.82) is 0 Å². The quantitative estimate of drug-likeness (QED) is 0.617. The molecule has 0 aromatic heterocycles. The number of ketones is 1. The molecule has 0 unspecified atom stereocenters. The Bertz CT molecular complexity index is 385. The molecular weight excluding hydrogens is 204 g/mol. The highest BCUT2D eigenvalue weighted by molar-refractivity contribution is 6.41. The van der Waals surface area contributed by atoms with Crippen molar-refractivity contribution < 1.29 is 14.7 Å². The van der Waals surface area contributed by atoms with Crippen LogP contribution in [-0.2, 0) is 11.2 Å². The molecule has 14 heavy (non-hydrogen) atoms. The van der Waals surface area contributed by atoms with E-state index in [9.17, 15) is 9.59 Å². The average Bonchev–Trinajstić information content (AvgIpc) is 2.16. The smallest absolute Gasteiger partial charge is 0.377 e. The Kier molecular flexibility index (Phi) is 3.25. The van der Waals surface area contributed by atoms with E-state index < -0.39 is 11.8 Å². The molecule has 1 aromatic rings. The Morgan fingerprint density at radius 2 is 2.07 bits per heavy atom. The number of carbonyl (C=O) groups is 2. The maximum absolute atomic E-state index is 11.2. The van der Waals surface area contributed by atoms with Gasteiger partial charge in [0.05, 0.1) is 0 Å². The summed E-state index contributed by atoms with van der Waals surface area (Å²) in [7, 11) is 0. The Hall–Kier alpha value is -1.35. The number of hydrogen-bond donors (Lipinski definition) is 1. The highest BCUT2D eigenvalue weighted by atomic mass is 35.5.